The lowest BCUT2D eigenvalue weighted by molar-refractivity contribution is -0.138. The van der Waals surface area contributed by atoms with Crippen molar-refractivity contribution in [2.75, 3.05) is 5.73 Å². The number of nitrogen functional groups attached to an aromatic ring is 1. The molecule has 0 radical (unpaired) electrons. The third kappa shape index (κ3) is 3.69. The molecule has 0 saturated carbocycles. The summed E-state index contributed by atoms with van der Waals surface area (Å²) in [6.07, 6.45) is -3.50. The molecule has 0 aliphatic rings. The third-order valence-corrected chi connectivity index (χ3v) is 1.89. The second-order valence-corrected chi connectivity index (χ2v) is 3.61. The standard InChI is InChI=1S/C11H12F3N3O/c1-6(15)4-10(17)18-9-3-2-7(16)5-8(9)11(12,13)14/h2-5,17H,15-16H2,1H3/b6-4-,17-10?. The topological polar surface area (TPSA) is 85.1 Å². The molecule has 0 saturated heterocycles. The molecule has 0 fully saturated rings. The Bertz CT molecular complexity index is 491. The fourth-order valence-electron chi connectivity index (χ4n) is 1.21. The summed E-state index contributed by atoms with van der Waals surface area (Å²) in [6.45, 7) is 1.49. The second kappa shape index (κ2) is 4.99. The van der Waals surface area contributed by atoms with Crippen LogP contribution in [0.1, 0.15) is 12.5 Å². The lowest BCUT2D eigenvalue weighted by atomic mass is 10.1. The highest BCUT2D eigenvalue weighted by Crippen LogP contribution is 2.37. The second-order valence-electron chi connectivity index (χ2n) is 3.61. The van der Waals surface area contributed by atoms with Gasteiger partial charge in [0.2, 0.25) is 5.90 Å². The summed E-state index contributed by atoms with van der Waals surface area (Å²) in [5.74, 6) is -0.968. The van der Waals surface area contributed by atoms with E-state index in [4.69, 9.17) is 21.6 Å². The molecule has 0 bridgehead atoms. The Kier molecular flexibility index (Phi) is 3.85. The van der Waals surface area contributed by atoms with Gasteiger partial charge < -0.3 is 16.2 Å². The summed E-state index contributed by atoms with van der Waals surface area (Å²) in [7, 11) is 0. The van der Waals surface area contributed by atoms with Crippen LogP contribution in [0.3, 0.4) is 0 Å². The summed E-state index contributed by atoms with van der Waals surface area (Å²) in [5.41, 5.74) is 9.77. The molecule has 1 aromatic rings. The van der Waals surface area contributed by atoms with Crippen LogP contribution < -0.4 is 16.2 Å². The van der Waals surface area contributed by atoms with Crippen LogP contribution in [0.25, 0.3) is 0 Å². The van der Waals surface area contributed by atoms with Gasteiger partial charge in [-0.2, -0.15) is 13.2 Å². The van der Waals surface area contributed by atoms with Crippen LogP contribution in [0, 0.1) is 5.41 Å². The van der Waals surface area contributed by atoms with Crippen molar-refractivity contribution in [3.63, 3.8) is 0 Å². The monoisotopic (exact) mass is 259 g/mol. The van der Waals surface area contributed by atoms with E-state index in [1.807, 2.05) is 0 Å². The van der Waals surface area contributed by atoms with E-state index in [2.05, 4.69) is 0 Å². The Morgan fingerprint density at radius 3 is 2.50 bits per heavy atom. The molecule has 0 aliphatic carbocycles. The van der Waals surface area contributed by atoms with Crippen LogP contribution in [0.15, 0.2) is 30.0 Å². The normalized spacial score (nSPS) is 12.3. The van der Waals surface area contributed by atoms with E-state index in [0.29, 0.717) is 0 Å². The summed E-state index contributed by atoms with van der Waals surface area (Å²) < 4.78 is 42.9. The summed E-state index contributed by atoms with van der Waals surface area (Å²) in [4.78, 5) is 0. The predicted octanol–water partition coefficient (Wildman–Crippen LogP) is 2.51. The molecule has 18 heavy (non-hydrogen) atoms. The maximum atomic E-state index is 12.7. The first-order valence-electron chi connectivity index (χ1n) is 4.87. The lowest BCUT2D eigenvalue weighted by Gasteiger charge is -2.13. The van der Waals surface area contributed by atoms with E-state index in [0.717, 1.165) is 18.2 Å². The van der Waals surface area contributed by atoms with E-state index in [1.54, 1.807) is 0 Å². The number of anilines is 1. The number of hydrogen-bond donors (Lipinski definition) is 3. The van der Waals surface area contributed by atoms with E-state index in [-0.39, 0.29) is 11.4 Å². The van der Waals surface area contributed by atoms with Crippen LogP contribution >= 0.6 is 0 Å². The van der Waals surface area contributed by atoms with Crippen molar-refractivity contribution in [2.45, 2.75) is 13.1 Å². The van der Waals surface area contributed by atoms with Crippen molar-refractivity contribution in [3.05, 3.63) is 35.5 Å². The number of nitrogens with one attached hydrogen (secondary N) is 1. The van der Waals surface area contributed by atoms with Crippen LogP contribution in [-0.2, 0) is 6.18 Å². The number of nitrogens with two attached hydrogens (primary N) is 2. The summed E-state index contributed by atoms with van der Waals surface area (Å²) in [6, 6.07) is 3.07. The quantitative estimate of drug-likeness (QED) is 0.433. The van der Waals surface area contributed by atoms with E-state index < -0.39 is 23.4 Å². The number of hydrogen-bond acceptors (Lipinski definition) is 4. The Labute approximate surface area is 102 Å². The lowest BCUT2D eigenvalue weighted by Crippen LogP contribution is -2.13. The first-order chi connectivity index (χ1) is 8.20. The highest BCUT2D eigenvalue weighted by molar-refractivity contribution is 5.87. The zero-order valence-electron chi connectivity index (χ0n) is 9.51. The molecule has 5 N–H and O–H groups in total. The van der Waals surface area contributed by atoms with E-state index >= 15 is 0 Å². The maximum absolute atomic E-state index is 12.7. The van der Waals surface area contributed by atoms with Crippen molar-refractivity contribution in [2.24, 2.45) is 5.73 Å². The number of allylic oxidation sites excluding steroid dienone is 1. The van der Waals surface area contributed by atoms with Gasteiger partial charge in [-0.05, 0) is 25.1 Å². The van der Waals surface area contributed by atoms with Crippen molar-refractivity contribution < 1.29 is 17.9 Å². The highest BCUT2D eigenvalue weighted by Gasteiger charge is 2.34. The predicted molar refractivity (Wildman–Crippen MR) is 62.2 cm³/mol. The average Bonchev–Trinajstić information content (AvgIpc) is 2.17. The fourth-order valence-corrected chi connectivity index (χ4v) is 1.21. The fraction of sp³-hybridized carbons (Fsp3) is 0.182. The highest BCUT2D eigenvalue weighted by atomic mass is 19.4. The minimum absolute atomic E-state index is 0.0354. The Balaban J connectivity index is 3.10. The van der Waals surface area contributed by atoms with Crippen molar-refractivity contribution in [1.82, 2.24) is 0 Å². The number of benzene rings is 1. The SMILES string of the molecule is C/C(N)=C/C(=N)Oc1ccc(N)cc1C(F)(F)F. The van der Waals surface area contributed by atoms with Gasteiger partial charge >= 0.3 is 6.18 Å². The third-order valence-electron chi connectivity index (χ3n) is 1.89. The Hall–Kier alpha value is -2.18. The first kappa shape index (κ1) is 13.9. The first-order valence-corrected chi connectivity index (χ1v) is 4.87. The van der Waals surface area contributed by atoms with Crippen molar-refractivity contribution in [1.29, 1.82) is 5.41 Å². The van der Waals surface area contributed by atoms with Gasteiger partial charge in [0.15, 0.2) is 0 Å². The minimum Gasteiger partial charge on any atom is -0.439 e. The maximum Gasteiger partial charge on any atom is 0.420 e. The van der Waals surface area contributed by atoms with Gasteiger partial charge in [0, 0.05) is 17.5 Å². The van der Waals surface area contributed by atoms with E-state index in [1.165, 1.54) is 13.0 Å². The Morgan fingerprint density at radius 2 is 2.00 bits per heavy atom. The van der Waals surface area contributed by atoms with Crippen molar-refractivity contribution in [3.8, 4) is 5.75 Å². The van der Waals surface area contributed by atoms with Crippen molar-refractivity contribution >= 4 is 11.6 Å². The van der Waals surface area contributed by atoms with Gasteiger partial charge in [-0.1, -0.05) is 0 Å². The van der Waals surface area contributed by atoms with Gasteiger partial charge in [-0.3, -0.25) is 5.41 Å². The van der Waals surface area contributed by atoms with Gasteiger partial charge in [0.25, 0.3) is 0 Å². The van der Waals surface area contributed by atoms with E-state index in [9.17, 15) is 13.2 Å². The molecule has 0 heterocycles. The molecule has 98 valence electrons. The molecule has 0 unspecified atom stereocenters. The average molecular weight is 259 g/mol. The molecule has 1 rings (SSSR count). The molecule has 4 nitrogen and oxygen atoms in total. The number of rotatable bonds is 2. The Morgan fingerprint density at radius 1 is 1.39 bits per heavy atom. The number of halogens is 3. The molecular formula is C11H12F3N3O. The summed E-state index contributed by atoms with van der Waals surface area (Å²) in [5, 5.41) is 7.33. The molecule has 0 amide bonds. The molecular weight excluding hydrogens is 247 g/mol. The molecule has 0 spiro atoms. The molecule has 1 aromatic carbocycles. The number of ether oxygens (including phenoxy) is 1. The zero-order valence-corrected chi connectivity index (χ0v) is 9.51. The van der Waals surface area contributed by atoms with Gasteiger partial charge in [-0.25, -0.2) is 0 Å². The number of alkyl halides is 3. The minimum atomic E-state index is -4.60. The van der Waals surface area contributed by atoms with Crippen LogP contribution in [-0.4, -0.2) is 5.90 Å². The summed E-state index contributed by atoms with van der Waals surface area (Å²) >= 11 is 0. The van der Waals surface area contributed by atoms with Crippen LogP contribution in [0.2, 0.25) is 0 Å². The van der Waals surface area contributed by atoms with Crippen LogP contribution in [0.5, 0.6) is 5.75 Å². The van der Waals surface area contributed by atoms with Crippen LogP contribution in [0.4, 0.5) is 18.9 Å². The molecule has 7 heteroatoms. The molecule has 0 aromatic heterocycles. The van der Waals surface area contributed by atoms with Gasteiger partial charge in [0.05, 0.1) is 0 Å². The molecule has 0 atom stereocenters. The molecule has 0 aliphatic heterocycles. The smallest absolute Gasteiger partial charge is 0.420 e. The van der Waals surface area contributed by atoms with Gasteiger partial charge in [-0.15, -0.1) is 0 Å². The van der Waals surface area contributed by atoms with Gasteiger partial charge in [0.1, 0.15) is 11.3 Å². The largest absolute Gasteiger partial charge is 0.439 e. The zero-order chi connectivity index (χ0) is 13.9.